The summed E-state index contributed by atoms with van der Waals surface area (Å²) in [6.45, 7) is 0. The summed E-state index contributed by atoms with van der Waals surface area (Å²) in [6.07, 6.45) is 0. The molecule has 1 N–H and O–H groups in total. The van der Waals surface area contributed by atoms with Crippen LogP contribution in [0.2, 0.25) is 5.02 Å². The van der Waals surface area contributed by atoms with Gasteiger partial charge in [0.25, 0.3) is 0 Å². The molecule has 1 aromatic carbocycles. The van der Waals surface area contributed by atoms with Crippen molar-refractivity contribution in [3.63, 3.8) is 0 Å². The van der Waals surface area contributed by atoms with Gasteiger partial charge in [-0.1, -0.05) is 28.9 Å². The highest BCUT2D eigenvalue weighted by Crippen LogP contribution is 2.28. The maximum absolute atomic E-state index is 6.03. The van der Waals surface area contributed by atoms with E-state index in [4.69, 9.17) is 16.1 Å². The molecule has 6 heteroatoms. The number of hydrogen-bond acceptors (Lipinski definition) is 5. The molecule has 84 valence electrons. The van der Waals surface area contributed by atoms with Crippen molar-refractivity contribution in [1.29, 1.82) is 0 Å². The second-order valence-electron chi connectivity index (χ2n) is 2.98. The van der Waals surface area contributed by atoms with E-state index in [0.29, 0.717) is 17.6 Å². The van der Waals surface area contributed by atoms with Crippen LogP contribution in [0.15, 0.2) is 33.7 Å². The van der Waals surface area contributed by atoms with E-state index in [2.05, 4.69) is 15.5 Å². The minimum atomic E-state index is 0.426. The van der Waals surface area contributed by atoms with E-state index < -0.39 is 0 Å². The van der Waals surface area contributed by atoms with Crippen LogP contribution in [0.1, 0.15) is 5.82 Å². The Morgan fingerprint density at radius 2 is 2.25 bits per heavy atom. The first-order valence-electron chi connectivity index (χ1n) is 4.67. The summed E-state index contributed by atoms with van der Waals surface area (Å²) in [4.78, 5) is 5.13. The lowest BCUT2D eigenvalue weighted by Gasteiger charge is -2.00. The van der Waals surface area contributed by atoms with Crippen LogP contribution in [0.25, 0.3) is 0 Å². The fourth-order valence-corrected chi connectivity index (χ4v) is 2.20. The predicted octanol–water partition coefficient (Wildman–Crippen LogP) is 3.06. The smallest absolute Gasteiger partial charge is 0.321 e. The highest BCUT2D eigenvalue weighted by Gasteiger charge is 2.06. The molecule has 1 aromatic heterocycles. The number of anilines is 1. The van der Waals surface area contributed by atoms with Crippen molar-refractivity contribution in [2.75, 3.05) is 12.4 Å². The van der Waals surface area contributed by atoms with Gasteiger partial charge in [-0.05, 0) is 12.1 Å². The third kappa shape index (κ3) is 2.68. The Labute approximate surface area is 102 Å². The van der Waals surface area contributed by atoms with E-state index in [1.807, 2.05) is 24.3 Å². The van der Waals surface area contributed by atoms with Crippen LogP contribution in [0.4, 0.5) is 6.01 Å². The maximum atomic E-state index is 6.03. The lowest BCUT2D eigenvalue weighted by Crippen LogP contribution is -1.88. The first kappa shape index (κ1) is 11.3. The topological polar surface area (TPSA) is 51.0 Å². The Morgan fingerprint density at radius 3 is 2.94 bits per heavy atom. The highest BCUT2D eigenvalue weighted by molar-refractivity contribution is 7.98. The van der Waals surface area contributed by atoms with Crippen molar-refractivity contribution in [3.05, 3.63) is 35.1 Å². The lowest BCUT2D eigenvalue weighted by molar-refractivity contribution is 0.427. The summed E-state index contributed by atoms with van der Waals surface area (Å²) in [5.41, 5.74) is 0. The number of thioether (sulfide) groups is 1. The molecule has 0 spiro atoms. The lowest BCUT2D eigenvalue weighted by atomic mass is 10.4. The highest BCUT2D eigenvalue weighted by atomic mass is 35.5. The van der Waals surface area contributed by atoms with Crippen LogP contribution in [-0.4, -0.2) is 17.2 Å². The standard InChI is InChI=1S/C10H10ClN3OS/c1-12-10-13-9(14-15-10)6-16-8-5-3-2-4-7(8)11/h2-5H,6H2,1H3,(H,12,13,14). The van der Waals surface area contributed by atoms with Gasteiger partial charge in [0.15, 0.2) is 5.82 Å². The third-order valence-corrected chi connectivity index (χ3v) is 3.39. The molecule has 0 saturated heterocycles. The normalized spacial score (nSPS) is 10.4. The van der Waals surface area contributed by atoms with Crippen LogP contribution in [0.5, 0.6) is 0 Å². The summed E-state index contributed by atoms with van der Waals surface area (Å²) in [5, 5.41) is 7.34. The van der Waals surface area contributed by atoms with Crippen LogP contribution < -0.4 is 5.32 Å². The second kappa shape index (κ2) is 5.23. The zero-order chi connectivity index (χ0) is 11.4. The van der Waals surface area contributed by atoms with Gasteiger partial charge in [-0.3, -0.25) is 0 Å². The van der Waals surface area contributed by atoms with Gasteiger partial charge in [0.1, 0.15) is 0 Å². The molecule has 0 fully saturated rings. The van der Waals surface area contributed by atoms with Crippen LogP contribution in [0, 0.1) is 0 Å². The molecule has 4 nitrogen and oxygen atoms in total. The average Bonchev–Trinajstić information content (AvgIpc) is 2.76. The van der Waals surface area contributed by atoms with Crippen molar-refractivity contribution < 1.29 is 4.52 Å². The number of aromatic nitrogens is 2. The summed E-state index contributed by atoms with van der Waals surface area (Å²) in [7, 11) is 1.73. The quantitative estimate of drug-likeness (QED) is 0.851. The van der Waals surface area contributed by atoms with Gasteiger partial charge in [0.05, 0.1) is 10.8 Å². The van der Waals surface area contributed by atoms with Crippen molar-refractivity contribution in [1.82, 2.24) is 10.1 Å². The van der Waals surface area contributed by atoms with Crippen LogP contribution in [-0.2, 0) is 5.75 Å². The predicted molar refractivity (Wildman–Crippen MR) is 64.9 cm³/mol. The van der Waals surface area contributed by atoms with E-state index in [9.17, 15) is 0 Å². The molecular formula is C10H10ClN3OS. The Morgan fingerprint density at radius 1 is 1.44 bits per heavy atom. The molecular weight excluding hydrogens is 246 g/mol. The Balaban J connectivity index is 1.99. The molecule has 16 heavy (non-hydrogen) atoms. The van der Waals surface area contributed by atoms with Gasteiger partial charge in [-0.15, -0.1) is 11.8 Å². The molecule has 2 rings (SSSR count). The van der Waals surface area contributed by atoms with Crippen LogP contribution in [0.3, 0.4) is 0 Å². The van der Waals surface area contributed by atoms with E-state index in [0.717, 1.165) is 9.92 Å². The molecule has 0 saturated carbocycles. The number of nitrogens with zero attached hydrogens (tertiary/aromatic N) is 2. The minimum absolute atomic E-state index is 0.426. The molecule has 0 bridgehead atoms. The Bertz CT molecular complexity index is 475. The molecule has 0 radical (unpaired) electrons. The van der Waals surface area contributed by atoms with Gasteiger partial charge >= 0.3 is 6.01 Å². The van der Waals surface area contributed by atoms with Gasteiger partial charge in [0, 0.05) is 11.9 Å². The fraction of sp³-hybridized carbons (Fsp3) is 0.200. The first-order chi connectivity index (χ1) is 7.79. The Kier molecular flexibility index (Phi) is 3.69. The van der Waals surface area contributed by atoms with Crippen LogP contribution >= 0.6 is 23.4 Å². The molecule has 0 amide bonds. The maximum Gasteiger partial charge on any atom is 0.321 e. The third-order valence-electron chi connectivity index (χ3n) is 1.88. The number of halogens is 1. The largest absolute Gasteiger partial charge is 0.341 e. The molecule has 0 aliphatic rings. The zero-order valence-corrected chi connectivity index (χ0v) is 10.2. The van der Waals surface area contributed by atoms with E-state index in [-0.39, 0.29) is 0 Å². The monoisotopic (exact) mass is 255 g/mol. The van der Waals surface area contributed by atoms with E-state index >= 15 is 0 Å². The second-order valence-corrected chi connectivity index (χ2v) is 4.41. The summed E-state index contributed by atoms with van der Waals surface area (Å²) in [5.74, 6) is 1.28. The van der Waals surface area contributed by atoms with Gasteiger partial charge in [-0.25, -0.2) is 0 Å². The number of benzene rings is 1. The van der Waals surface area contributed by atoms with E-state index in [1.165, 1.54) is 0 Å². The molecule has 0 unspecified atom stereocenters. The molecule has 1 heterocycles. The fourth-order valence-electron chi connectivity index (χ4n) is 1.12. The van der Waals surface area contributed by atoms with Crippen molar-refractivity contribution in [2.24, 2.45) is 0 Å². The van der Waals surface area contributed by atoms with Gasteiger partial charge in [0.2, 0.25) is 0 Å². The molecule has 0 aliphatic carbocycles. The van der Waals surface area contributed by atoms with Gasteiger partial charge < -0.3 is 9.84 Å². The van der Waals surface area contributed by atoms with Crippen molar-refractivity contribution >= 4 is 29.4 Å². The number of rotatable bonds is 4. The van der Waals surface area contributed by atoms with E-state index in [1.54, 1.807) is 18.8 Å². The molecule has 0 atom stereocenters. The first-order valence-corrected chi connectivity index (χ1v) is 6.03. The number of nitrogens with one attached hydrogen (secondary N) is 1. The Hall–Kier alpha value is -1.20. The summed E-state index contributed by atoms with van der Waals surface area (Å²) in [6, 6.07) is 8.10. The summed E-state index contributed by atoms with van der Waals surface area (Å²) < 4.78 is 4.91. The van der Waals surface area contributed by atoms with Gasteiger partial charge in [-0.2, -0.15) is 4.98 Å². The molecule has 2 aromatic rings. The average molecular weight is 256 g/mol. The summed E-state index contributed by atoms with van der Waals surface area (Å²) >= 11 is 7.60. The van der Waals surface area contributed by atoms with Crippen molar-refractivity contribution in [3.8, 4) is 0 Å². The molecule has 0 aliphatic heterocycles. The zero-order valence-electron chi connectivity index (χ0n) is 8.61. The van der Waals surface area contributed by atoms with Crippen molar-refractivity contribution in [2.45, 2.75) is 10.6 Å². The SMILES string of the molecule is CNc1nc(CSc2ccccc2Cl)no1. The minimum Gasteiger partial charge on any atom is -0.341 e. The number of hydrogen-bond donors (Lipinski definition) is 1.